The monoisotopic (exact) mass is 322 g/mol. The SMILES string of the molecule is N#Cc1ccc(NCc2ccc(F)c(F)c2)cc1Br. The lowest BCUT2D eigenvalue weighted by molar-refractivity contribution is 0.507. The summed E-state index contributed by atoms with van der Waals surface area (Å²) in [4.78, 5) is 0. The Morgan fingerprint density at radius 3 is 2.53 bits per heavy atom. The van der Waals surface area contributed by atoms with Crippen LogP contribution in [0.2, 0.25) is 0 Å². The average Bonchev–Trinajstić information content (AvgIpc) is 2.40. The van der Waals surface area contributed by atoms with Crippen LogP contribution < -0.4 is 5.32 Å². The summed E-state index contributed by atoms with van der Waals surface area (Å²) in [6.45, 7) is 0.371. The first-order valence-electron chi connectivity index (χ1n) is 5.47. The molecule has 5 heteroatoms. The van der Waals surface area contributed by atoms with Crippen LogP contribution in [0.15, 0.2) is 40.9 Å². The van der Waals surface area contributed by atoms with Crippen molar-refractivity contribution in [2.75, 3.05) is 5.32 Å². The third-order valence-electron chi connectivity index (χ3n) is 2.57. The van der Waals surface area contributed by atoms with Crippen LogP contribution in [0.1, 0.15) is 11.1 Å². The number of rotatable bonds is 3. The van der Waals surface area contributed by atoms with E-state index in [1.54, 1.807) is 18.2 Å². The van der Waals surface area contributed by atoms with Crippen LogP contribution in [0, 0.1) is 23.0 Å². The summed E-state index contributed by atoms with van der Waals surface area (Å²) in [5, 5.41) is 11.9. The van der Waals surface area contributed by atoms with Crippen LogP contribution >= 0.6 is 15.9 Å². The Labute approximate surface area is 117 Å². The lowest BCUT2D eigenvalue weighted by Gasteiger charge is -2.08. The molecule has 0 atom stereocenters. The highest BCUT2D eigenvalue weighted by Gasteiger charge is 2.03. The molecular weight excluding hydrogens is 314 g/mol. The molecule has 0 bridgehead atoms. The predicted molar refractivity (Wildman–Crippen MR) is 72.5 cm³/mol. The van der Waals surface area contributed by atoms with Gasteiger partial charge in [-0.1, -0.05) is 6.07 Å². The second-order valence-electron chi connectivity index (χ2n) is 3.91. The molecule has 0 saturated carbocycles. The Kier molecular flexibility index (Phi) is 4.13. The largest absolute Gasteiger partial charge is 0.381 e. The molecule has 0 heterocycles. The Morgan fingerprint density at radius 2 is 1.89 bits per heavy atom. The summed E-state index contributed by atoms with van der Waals surface area (Å²) in [5.41, 5.74) is 1.97. The van der Waals surface area contributed by atoms with E-state index < -0.39 is 11.6 Å². The molecule has 0 unspecified atom stereocenters. The van der Waals surface area contributed by atoms with Gasteiger partial charge in [-0.3, -0.25) is 0 Å². The minimum atomic E-state index is -0.861. The highest BCUT2D eigenvalue weighted by molar-refractivity contribution is 9.10. The fraction of sp³-hybridized carbons (Fsp3) is 0.0714. The zero-order valence-corrected chi connectivity index (χ0v) is 11.3. The lowest BCUT2D eigenvalue weighted by Crippen LogP contribution is -2.00. The van der Waals surface area contributed by atoms with Gasteiger partial charge in [0.25, 0.3) is 0 Å². The molecule has 2 aromatic carbocycles. The van der Waals surface area contributed by atoms with Crippen molar-refractivity contribution in [1.29, 1.82) is 5.26 Å². The fourth-order valence-electron chi connectivity index (χ4n) is 1.57. The van der Waals surface area contributed by atoms with E-state index in [0.29, 0.717) is 22.1 Å². The Morgan fingerprint density at radius 1 is 1.11 bits per heavy atom. The average molecular weight is 323 g/mol. The van der Waals surface area contributed by atoms with E-state index >= 15 is 0 Å². The van der Waals surface area contributed by atoms with Crippen molar-refractivity contribution in [2.24, 2.45) is 0 Å². The van der Waals surface area contributed by atoms with Crippen LogP contribution in [0.5, 0.6) is 0 Å². The van der Waals surface area contributed by atoms with Gasteiger partial charge >= 0.3 is 0 Å². The van der Waals surface area contributed by atoms with Crippen LogP contribution in [0.25, 0.3) is 0 Å². The van der Waals surface area contributed by atoms with Gasteiger partial charge < -0.3 is 5.32 Å². The minimum absolute atomic E-state index is 0.371. The molecule has 0 aliphatic carbocycles. The predicted octanol–water partition coefficient (Wildman–Crippen LogP) is 4.21. The Hall–Kier alpha value is -1.93. The second kappa shape index (κ2) is 5.81. The molecule has 2 rings (SSSR count). The smallest absolute Gasteiger partial charge is 0.159 e. The molecule has 1 N–H and O–H groups in total. The van der Waals surface area contributed by atoms with Gasteiger partial charge in [0.05, 0.1) is 5.56 Å². The van der Waals surface area contributed by atoms with Crippen LogP contribution in [0.3, 0.4) is 0 Å². The molecular formula is C14H9BrF2N2. The quantitative estimate of drug-likeness (QED) is 0.918. The number of nitrogens with one attached hydrogen (secondary N) is 1. The lowest BCUT2D eigenvalue weighted by atomic mass is 10.2. The first-order valence-corrected chi connectivity index (χ1v) is 6.27. The molecule has 2 nitrogen and oxygen atoms in total. The molecule has 19 heavy (non-hydrogen) atoms. The molecule has 0 aromatic heterocycles. The van der Waals surface area contributed by atoms with E-state index in [4.69, 9.17) is 5.26 Å². The second-order valence-corrected chi connectivity index (χ2v) is 4.76. The molecule has 96 valence electrons. The molecule has 2 aromatic rings. The van der Waals surface area contributed by atoms with Gasteiger partial charge in [-0.15, -0.1) is 0 Å². The van der Waals surface area contributed by atoms with Gasteiger partial charge in [0.2, 0.25) is 0 Å². The zero-order valence-electron chi connectivity index (χ0n) is 9.75. The molecule has 0 fully saturated rings. The maximum absolute atomic E-state index is 13.0. The number of hydrogen-bond acceptors (Lipinski definition) is 2. The van der Waals surface area contributed by atoms with E-state index in [0.717, 1.165) is 17.8 Å². The third-order valence-corrected chi connectivity index (χ3v) is 3.23. The van der Waals surface area contributed by atoms with Crippen molar-refractivity contribution in [1.82, 2.24) is 0 Å². The topological polar surface area (TPSA) is 35.8 Å². The molecule has 0 saturated heterocycles. The van der Waals surface area contributed by atoms with Gasteiger partial charge in [-0.25, -0.2) is 8.78 Å². The van der Waals surface area contributed by atoms with E-state index in [1.165, 1.54) is 6.07 Å². The summed E-state index contributed by atoms with van der Waals surface area (Å²) in [7, 11) is 0. The highest BCUT2D eigenvalue weighted by atomic mass is 79.9. The minimum Gasteiger partial charge on any atom is -0.381 e. The third kappa shape index (κ3) is 3.30. The van der Waals surface area contributed by atoms with Crippen molar-refractivity contribution >= 4 is 21.6 Å². The van der Waals surface area contributed by atoms with E-state index in [9.17, 15) is 8.78 Å². The summed E-state index contributed by atoms with van der Waals surface area (Å²) < 4.78 is 26.5. The first-order chi connectivity index (χ1) is 9.10. The van der Waals surface area contributed by atoms with Gasteiger partial charge in [0, 0.05) is 16.7 Å². The van der Waals surface area contributed by atoms with Crippen LogP contribution in [-0.2, 0) is 6.54 Å². The van der Waals surface area contributed by atoms with Gasteiger partial charge in [0.15, 0.2) is 11.6 Å². The van der Waals surface area contributed by atoms with E-state index in [1.807, 2.05) is 6.07 Å². The van der Waals surface area contributed by atoms with E-state index in [2.05, 4.69) is 21.2 Å². The normalized spacial score (nSPS) is 10.0. The van der Waals surface area contributed by atoms with Gasteiger partial charge in [0.1, 0.15) is 6.07 Å². The molecule has 0 aliphatic heterocycles. The molecule has 0 spiro atoms. The van der Waals surface area contributed by atoms with Crippen molar-refractivity contribution in [3.63, 3.8) is 0 Å². The standard InChI is InChI=1S/C14H9BrF2N2/c15-12-6-11(3-2-10(12)7-18)19-8-9-1-4-13(16)14(17)5-9/h1-6,19H,8H2. The van der Waals surface area contributed by atoms with Gasteiger partial charge in [-0.2, -0.15) is 5.26 Å². The van der Waals surface area contributed by atoms with E-state index in [-0.39, 0.29) is 0 Å². The number of nitriles is 1. The van der Waals surface area contributed by atoms with Gasteiger partial charge in [-0.05, 0) is 51.8 Å². The number of halogens is 3. The van der Waals surface area contributed by atoms with Crippen molar-refractivity contribution in [3.8, 4) is 6.07 Å². The number of nitrogens with zero attached hydrogens (tertiary/aromatic N) is 1. The fourth-order valence-corrected chi connectivity index (χ4v) is 2.04. The highest BCUT2D eigenvalue weighted by Crippen LogP contribution is 2.21. The summed E-state index contributed by atoms with van der Waals surface area (Å²) in [6.07, 6.45) is 0. The van der Waals surface area contributed by atoms with Crippen molar-refractivity contribution in [2.45, 2.75) is 6.54 Å². The zero-order chi connectivity index (χ0) is 13.8. The van der Waals surface area contributed by atoms with Crippen molar-refractivity contribution < 1.29 is 8.78 Å². The number of anilines is 1. The summed E-state index contributed by atoms with van der Waals surface area (Å²) in [5.74, 6) is -1.72. The maximum Gasteiger partial charge on any atom is 0.159 e. The summed E-state index contributed by atoms with van der Waals surface area (Å²) >= 11 is 3.28. The molecule has 0 amide bonds. The van der Waals surface area contributed by atoms with Crippen LogP contribution in [0.4, 0.5) is 14.5 Å². The maximum atomic E-state index is 13.0. The first kappa shape index (κ1) is 13.5. The van der Waals surface area contributed by atoms with Crippen molar-refractivity contribution in [3.05, 3.63) is 63.6 Å². The van der Waals surface area contributed by atoms with Crippen LogP contribution in [-0.4, -0.2) is 0 Å². The molecule has 0 aliphatic rings. The number of hydrogen-bond donors (Lipinski definition) is 1. The number of benzene rings is 2. The Balaban J connectivity index is 2.08. The molecule has 0 radical (unpaired) electrons. The Bertz CT molecular complexity index is 650. The summed E-state index contributed by atoms with van der Waals surface area (Å²) in [6, 6.07) is 11.0.